The number of rotatable bonds is 7. The van der Waals surface area contributed by atoms with E-state index in [4.69, 9.17) is 17.3 Å². The van der Waals surface area contributed by atoms with Gasteiger partial charge in [0.1, 0.15) is 0 Å². The summed E-state index contributed by atoms with van der Waals surface area (Å²) in [5, 5.41) is 0.855. The van der Waals surface area contributed by atoms with Crippen LogP contribution >= 0.6 is 11.6 Å². The lowest BCUT2D eigenvalue weighted by Crippen LogP contribution is -2.40. The van der Waals surface area contributed by atoms with Crippen molar-refractivity contribution in [1.29, 1.82) is 0 Å². The number of nitrogens with two attached hydrogens (primary N) is 1. The number of benzene rings is 1. The maximum Gasteiger partial charge on any atom is 0.0409 e. The summed E-state index contributed by atoms with van der Waals surface area (Å²) in [6.07, 6.45) is 12.3. The Morgan fingerprint density at radius 3 is 2.22 bits per heavy atom. The molecule has 0 radical (unpaired) electrons. The van der Waals surface area contributed by atoms with Crippen LogP contribution in [0.15, 0.2) is 24.3 Å². The zero-order valence-corrected chi connectivity index (χ0v) is 18.1. The standard InChI is InChI=1S/C24H39ClN2/c1-18(2)16-27(17-21-4-3-5-22(25)15-21)24-12-8-20(9-13-24)14-19-6-10-23(26)11-7-19/h3-5,15,18-20,23-24H,6-14,16-17,26H2,1-2H3. The molecule has 0 unspecified atom stereocenters. The Bertz CT molecular complexity index is 557. The van der Waals surface area contributed by atoms with Crippen molar-refractivity contribution in [3.05, 3.63) is 34.9 Å². The van der Waals surface area contributed by atoms with Gasteiger partial charge >= 0.3 is 0 Å². The fraction of sp³-hybridized carbons (Fsp3) is 0.750. The Kier molecular flexibility index (Phi) is 8.05. The fourth-order valence-electron chi connectivity index (χ4n) is 5.32. The minimum absolute atomic E-state index is 0.480. The first-order valence-electron chi connectivity index (χ1n) is 11.2. The van der Waals surface area contributed by atoms with Crippen molar-refractivity contribution in [2.45, 2.75) is 90.3 Å². The second-order valence-electron chi connectivity index (χ2n) is 9.64. The fourth-order valence-corrected chi connectivity index (χ4v) is 5.54. The smallest absolute Gasteiger partial charge is 0.0409 e. The van der Waals surface area contributed by atoms with Crippen molar-refractivity contribution in [1.82, 2.24) is 4.90 Å². The first kappa shape index (κ1) is 21.1. The van der Waals surface area contributed by atoms with E-state index in [0.717, 1.165) is 29.4 Å². The van der Waals surface area contributed by atoms with Gasteiger partial charge in [0.15, 0.2) is 0 Å². The molecule has 2 nitrogen and oxygen atoms in total. The van der Waals surface area contributed by atoms with E-state index in [2.05, 4.69) is 36.9 Å². The molecule has 1 aromatic rings. The summed E-state index contributed by atoms with van der Waals surface area (Å²) in [4.78, 5) is 2.73. The summed E-state index contributed by atoms with van der Waals surface area (Å²) in [5.74, 6) is 2.60. The van der Waals surface area contributed by atoms with E-state index in [1.165, 1.54) is 69.9 Å². The minimum Gasteiger partial charge on any atom is -0.328 e. The van der Waals surface area contributed by atoms with Gasteiger partial charge in [-0.25, -0.2) is 0 Å². The summed E-state index contributed by atoms with van der Waals surface area (Å²) < 4.78 is 0. The van der Waals surface area contributed by atoms with Crippen molar-refractivity contribution in [2.75, 3.05) is 6.54 Å². The molecule has 27 heavy (non-hydrogen) atoms. The molecule has 0 aliphatic heterocycles. The Balaban J connectivity index is 1.51. The predicted molar refractivity (Wildman–Crippen MR) is 117 cm³/mol. The Hall–Kier alpha value is -0.570. The largest absolute Gasteiger partial charge is 0.328 e. The average molecular weight is 391 g/mol. The average Bonchev–Trinajstić information content (AvgIpc) is 2.63. The molecule has 0 bridgehead atoms. The molecule has 0 amide bonds. The van der Waals surface area contributed by atoms with Gasteiger partial charge in [-0.2, -0.15) is 0 Å². The number of hydrogen-bond acceptors (Lipinski definition) is 2. The van der Waals surface area contributed by atoms with E-state index in [1.807, 2.05) is 6.07 Å². The van der Waals surface area contributed by atoms with Crippen LogP contribution in [-0.2, 0) is 6.54 Å². The molecule has 2 aliphatic carbocycles. The van der Waals surface area contributed by atoms with E-state index in [1.54, 1.807) is 0 Å². The summed E-state index contributed by atoms with van der Waals surface area (Å²) in [6, 6.07) is 9.63. The second kappa shape index (κ2) is 10.3. The van der Waals surface area contributed by atoms with Gasteiger partial charge in [0.25, 0.3) is 0 Å². The highest BCUT2D eigenvalue weighted by atomic mass is 35.5. The number of nitrogens with zero attached hydrogens (tertiary/aromatic N) is 1. The third kappa shape index (κ3) is 6.76. The van der Waals surface area contributed by atoms with Crippen LogP contribution in [0.1, 0.15) is 77.2 Å². The Labute approximate surface area is 171 Å². The lowest BCUT2D eigenvalue weighted by Gasteiger charge is -2.39. The second-order valence-corrected chi connectivity index (χ2v) is 10.1. The van der Waals surface area contributed by atoms with Crippen LogP contribution < -0.4 is 5.73 Å². The van der Waals surface area contributed by atoms with Crippen LogP contribution in [0.3, 0.4) is 0 Å². The SMILES string of the molecule is CC(C)CN(Cc1cccc(Cl)c1)C1CCC(CC2CCC(N)CC2)CC1. The van der Waals surface area contributed by atoms with E-state index in [9.17, 15) is 0 Å². The van der Waals surface area contributed by atoms with Crippen LogP contribution in [-0.4, -0.2) is 23.5 Å². The molecule has 3 rings (SSSR count). The molecule has 0 heterocycles. The topological polar surface area (TPSA) is 29.3 Å². The van der Waals surface area contributed by atoms with Crippen LogP contribution in [0.25, 0.3) is 0 Å². The van der Waals surface area contributed by atoms with Crippen LogP contribution in [0.4, 0.5) is 0 Å². The molecular weight excluding hydrogens is 352 g/mol. The molecule has 2 N–H and O–H groups in total. The summed E-state index contributed by atoms with van der Waals surface area (Å²) in [7, 11) is 0. The zero-order chi connectivity index (χ0) is 19.2. The normalized spacial score (nSPS) is 29.4. The third-order valence-corrected chi connectivity index (χ3v) is 7.00. The lowest BCUT2D eigenvalue weighted by atomic mass is 9.75. The third-order valence-electron chi connectivity index (χ3n) is 6.77. The summed E-state index contributed by atoms with van der Waals surface area (Å²) in [5.41, 5.74) is 7.43. The van der Waals surface area contributed by atoms with E-state index in [-0.39, 0.29) is 0 Å². The van der Waals surface area contributed by atoms with E-state index in [0.29, 0.717) is 12.0 Å². The molecule has 3 heteroatoms. The van der Waals surface area contributed by atoms with Crippen LogP contribution in [0, 0.1) is 17.8 Å². The van der Waals surface area contributed by atoms with Gasteiger partial charge in [-0.15, -0.1) is 0 Å². The highest BCUT2D eigenvalue weighted by molar-refractivity contribution is 6.30. The molecule has 0 saturated heterocycles. The molecule has 152 valence electrons. The van der Waals surface area contributed by atoms with Gasteiger partial charge in [0.05, 0.1) is 0 Å². The maximum atomic E-state index is 6.21. The minimum atomic E-state index is 0.480. The number of halogens is 1. The monoisotopic (exact) mass is 390 g/mol. The first-order chi connectivity index (χ1) is 13.0. The van der Waals surface area contributed by atoms with E-state index < -0.39 is 0 Å². The molecular formula is C24H39ClN2. The highest BCUT2D eigenvalue weighted by Crippen LogP contribution is 2.36. The highest BCUT2D eigenvalue weighted by Gasteiger charge is 2.29. The summed E-state index contributed by atoms with van der Waals surface area (Å²) >= 11 is 6.21. The zero-order valence-electron chi connectivity index (χ0n) is 17.4. The van der Waals surface area contributed by atoms with Crippen molar-refractivity contribution in [2.24, 2.45) is 23.5 Å². The van der Waals surface area contributed by atoms with Crippen LogP contribution in [0.5, 0.6) is 0 Å². The Morgan fingerprint density at radius 2 is 1.63 bits per heavy atom. The molecule has 1 aromatic carbocycles. The van der Waals surface area contributed by atoms with Gasteiger partial charge < -0.3 is 5.73 Å². The van der Waals surface area contributed by atoms with Crippen molar-refractivity contribution < 1.29 is 0 Å². The summed E-state index contributed by atoms with van der Waals surface area (Å²) in [6.45, 7) is 6.89. The molecule has 0 atom stereocenters. The molecule has 2 fully saturated rings. The van der Waals surface area contributed by atoms with Crippen molar-refractivity contribution >= 4 is 11.6 Å². The van der Waals surface area contributed by atoms with Gasteiger partial charge in [-0.1, -0.05) is 37.6 Å². The molecule has 2 saturated carbocycles. The number of hydrogen-bond donors (Lipinski definition) is 1. The first-order valence-corrected chi connectivity index (χ1v) is 11.6. The van der Waals surface area contributed by atoms with Crippen molar-refractivity contribution in [3.8, 4) is 0 Å². The van der Waals surface area contributed by atoms with Gasteiger partial charge in [0.2, 0.25) is 0 Å². The molecule has 0 aromatic heterocycles. The van der Waals surface area contributed by atoms with Crippen molar-refractivity contribution in [3.63, 3.8) is 0 Å². The van der Waals surface area contributed by atoms with Crippen LogP contribution in [0.2, 0.25) is 5.02 Å². The van der Waals surface area contributed by atoms with Gasteiger partial charge in [-0.05, 0) is 93.2 Å². The van der Waals surface area contributed by atoms with Gasteiger partial charge in [-0.3, -0.25) is 4.90 Å². The maximum absolute atomic E-state index is 6.21. The molecule has 0 spiro atoms. The van der Waals surface area contributed by atoms with Gasteiger partial charge in [0, 0.05) is 30.2 Å². The quantitative estimate of drug-likeness (QED) is 0.594. The van der Waals surface area contributed by atoms with E-state index >= 15 is 0 Å². The Morgan fingerprint density at radius 1 is 1.00 bits per heavy atom. The lowest BCUT2D eigenvalue weighted by molar-refractivity contribution is 0.106. The molecule has 2 aliphatic rings. The predicted octanol–water partition coefficient (Wildman–Crippen LogP) is 6.26.